The van der Waals surface area contributed by atoms with Crippen molar-refractivity contribution in [3.63, 3.8) is 0 Å². The van der Waals surface area contributed by atoms with E-state index in [-0.39, 0.29) is 18.1 Å². The highest BCUT2D eigenvalue weighted by molar-refractivity contribution is 6.35. The molecule has 0 spiro atoms. The van der Waals surface area contributed by atoms with Gasteiger partial charge in [-0.1, -0.05) is 0 Å². The molecule has 2 aliphatic heterocycles. The lowest BCUT2D eigenvalue weighted by atomic mass is 10.1. The van der Waals surface area contributed by atoms with E-state index in [1.54, 1.807) is 36.4 Å². The summed E-state index contributed by atoms with van der Waals surface area (Å²) in [6, 6.07) is 12.1. The van der Waals surface area contributed by atoms with Crippen LogP contribution in [-0.4, -0.2) is 59.3 Å². The summed E-state index contributed by atoms with van der Waals surface area (Å²) >= 11 is 0. The van der Waals surface area contributed by atoms with Crippen molar-refractivity contribution < 1.29 is 23.6 Å². The van der Waals surface area contributed by atoms with E-state index < -0.39 is 24.0 Å². The van der Waals surface area contributed by atoms with Crippen LogP contribution in [0.4, 0.5) is 15.8 Å². The summed E-state index contributed by atoms with van der Waals surface area (Å²) < 4.78 is 13.3. The van der Waals surface area contributed by atoms with Gasteiger partial charge in [-0.05, 0) is 55.5 Å². The number of hydrogen-bond acceptors (Lipinski definition) is 6. The Labute approximate surface area is 177 Å². The van der Waals surface area contributed by atoms with Gasteiger partial charge in [-0.15, -0.1) is 0 Å². The molecule has 0 aliphatic carbocycles. The Morgan fingerprint density at radius 1 is 1.00 bits per heavy atom. The molecule has 2 aromatic rings. The lowest BCUT2D eigenvalue weighted by Crippen LogP contribution is -2.68. The van der Waals surface area contributed by atoms with Crippen molar-refractivity contribution in [2.24, 2.45) is 0 Å². The number of carbonyl (C=O) groups is 4. The number of nitrogens with zero attached hydrogens (tertiary/aromatic N) is 3. The first-order chi connectivity index (χ1) is 14.8. The number of nitrogens with one attached hydrogen (secondary N) is 2. The van der Waals surface area contributed by atoms with Gasteiger partial charge in [0.25, 0.3) is 0 Å². The molecule has 0 saturated carbocycles. The molecule has 2 aliphatic rings. The van der Waals surface area contributed by atoms with Crippen LogP contribution in [0.2, 0.25) is 0 Å². The summed E-state index contributed by atoms with van der Waals surface area (Å²) in [4.78, 5) is 52.0. The van der Waals surface area contributed by atoms with E-state index >= 15 is 0 Å². The number of hydrogen-bond donors (Lipinski definition) is 2. The fourth-order valence-electron chi connectivity index (χ4n) is 3.57. The predicted molar refractivity (Wildman–Crippen MR) is 109 cm³/mol. The molecule has 31 heavy (non-hydrogen) atoms. The molecule has 2 heterocycles. The lowest BCUT2D eigenvalue weighted by molar-refractivity contribution is -0.163. The average molecular weight is 425 g/mol. The largest absolute Gasteiger partial charge is 0.336 e. The Morgan fingerprint density at radius 2 is 1.65 bits per heavy atom. The molecule has 2 aromatic carbocycles. The molecule has 2 N–H and O–H groups in total. The SMILES string of the molecule is CC(=O)c1ccc(NC(=O)CN2NC3N(CCN3c3ccc(F)cc3)C(=O)C2=O)cc1. The summed E-state index contributed by atoms with van der Waals surface area (Å²) in [5.74, 6) is -2.53. The first-order valence-electron chi connectivity index (χ1n) is 9.65. The first kappa shape index (κ1) is 20.5. The third kappa shape index (κ3) is 4.10. The smallest absolute Gasteiger partial charge is 0.326 e. The number of hydrazine groups is 1. The third-order valence-electron chi connectivity index (χ3n) is 5.17. The number of Topliss-reactive ketones (excluding diaryl/α,β-unsaturated/α-hetero) is 1. The minimum atomic E-state index is -0.834. The van der Waals surface area contributed by atoms with Crippen molar-refractivity contribution >= 4 is 34.9 Å². The van der Waals surface area contributed by atoms with E-state index in [0.717, 1.165) is 5.01 Å². The molecular weight excluding hydrogens is 405 g/mol. The Hall–Kier alpha value is -3.79. The van der Waals surface area contributed by atoms with Crippen LogP contribution in [0.5, 0.6) is 0 Å². The topological polar surface area (TPSA) is 102 Å². The molecule has 1 atom stereocenters. The van der Waals surface area contributed by atoms with Gasteiger partial charge in [-0.25, -0.2) is 4.39 Å². The first-order valence-corrected chi connectivity index (χ1v) is 9.65. The summed E-state index contributed by atoms with van der Waals surface area (Å²) in [6.45, 7) is 1.83. The van der Waals surface area contributed by atoms with E-state index in [2.05, 4.69) is 10.7 Å². The van der Waals surface area contributed by atoms with Crippen molar-refractivity contribution in [3.8, 4) is 0 Å². The lowest BCUT2D eigenvalue weighted by Gasteiger charge is -2.40. The van der Waals surface area contributed by atoms with Gasteiger partial charge in [0.15, 0.2) is 12.1 Å². The van der Waals surface area contributed by atoms with Crippen LogP contribution >= 0.6 is 0 Å². The Morgan fingerprint density at radius 3 is 2.29 bits per heavy atom. The molecule has 1 unspecified atom stereocenters. The second-order valence-electron chi connectivity index (χ2n) is 7.24. The molecule has 3 amide bonds. The predicted octanol–water partition coefficient (Wildman–Crippen LogP) is 0.946. The zero-order valence-corrected chi connectivity index (χ0v) is 16.7. The molecule has 9 nitrogen and oxygen atoms in total. The van der Waals surface area contributed by atoms with Crippen molar-refractivity contribution in [2.45, 2.75) is 13.2 Å². The number of rotatable bonds is 5. The van der Waals surface area contributed by atoms with Gasteiger partial charge in [0, 0.05) is 30.0 Å². The Kier molecular flexibility index (Phi) is 5.38. The third-order valence-corrected chi connectivity index (χ3v) is 5.17. The van der Waals surface area contributed by atoms with Gasteiger partial charge < -0.3 is 10.2 Å². The second-order valence-corrected chi connectivity index (χ2v) is 7.24. The summed E-state index contributed by atoms with van der Waals surface area (Å²) in [7, 11) is 0. The molecule has 2 fully saturated rings. The van der Waals surface area contributed by atoms with Gasteiger partial charge in [0.2, 0.25) is 5.91 Å². The number of ketones is 1. The molecule has 4 rings (SSSR count). The van der Waals surface area contributed by atoms with Crippen LogP contribution in [0.15, 0.2) is 48.5 Å². The van der Waals surface area contributed by atoms with Crippen molar-refractivity contribution in [1.29, 1.82) is 0 Å². The number of halogens is 1. The van der Waals surface area contributed by atoms with E-state index in [9.17, 15) is 23.6 Å². The van der Waals surface area contributed by atoms with Crippen LogP contribution in [0, 0.1) is 5.82 Å². The second kappa shape index (κ2) is 8.15. The highest BCUT2D eigenvalue weighted by Gasteiger charge is 2.45. The highest BCUT2D eigenvalue weighted by atomic mass is 19.1. The van der Waals surface area contributed by atoms with Crippen LogP contribution in [0.1, 0.15) is 17.3 Å². The molecule has 0 radical (unpaired) electrons. The molecular formula is C21H20FN5O4. The summed E-state index contributed by atoms with van der Waals surface area (Å²) in [5.41, 5.74) is 4.57. The maximum atomic E-state index is 13.3. The van der Waals surface area contributed by atoms with Gasteiger partial charge in [0.1, 0.15) is 12.4 Å². The molecule has 0 bridgehead atoms. The molecule has 2 saturated heterocycles. The van der Waals surface area contributed by atoms with E-state index in [4.69, 9.17) is 0 Å². The standard InChI is InChI=1S/C21H20FN5O4/c1-13(28)14-2-6-16(7-3-14)23-18(29)12-27-20(31)19(30)26-11-10-25(21(26)24-27)17-8-4-15(22)5-9-17/h2-9,21,24H,10-12H2,1H3,(H,23,29). The number of carbonyl (C=O) groups excluding carboxylic acids is 4. The van der Waals surface area contributed by atoms with Gasteiger partial charge in [-0.3, -0.25) is 29.1 Å². The summed E-state index contributed by atoms with van der Waals surface area (Å²) in [6.07, 6.45) is -0.668. The van der Waals surface area contributed by atoms with Gasteiger partial charge in [0.05, 0.1) is 0 Å². The van der Waals surface area contributed by atoms with E-state index in [0.29, 0.717) is 30.0 Å². The van der Waals surface area contributed by atoms with E-state index in [1.807, 2.05) is 4.90 Å². The van der Waals surface area contributed by atoms with Crippen LogP contribution in [-0.2, 0) is 14.4 Å². The van der Waals surface area contributed by atoms with Crippen molar-refractivity contribution in [3.05, 3.63) is 59.9 Å². The normalized spacial score (nSPS) is 18.3. The Balaban J connectivity index is 1.45. The number of amides is 3. The minimum absolute atomic E-state index is 0.0914. The minimum Gasteiger partial charge on any atom is -0.336 e. The monoisotopic (exact) mass is 425 g/mol. The maximum Gasteiger partial charge on any atom is 0.326 e. The zero-order valence-electron chi connectivity index (χ0n) is 16.7. The van der Waals surface area contributed by atoms with Crippen molar-refractivity contribution in [1.82, 2.24) is 15.3 Å². The molecule has 10 heteroatoms. The Bertz CT molecular complexity index is 1040. The van der Waals surface area contributed by atoms with Crippen LogP contribution in [0.3, 0.4) is 0 Å². The number of anilines is 2. The van der Waals surface area contributed by atoms with Crippen molar-refractivity contribution in [2.75, 3.05) is 29.9 Å². The quantitative estimate of drug-likeness (QED) is 0.546. The van der Waals surface area contributed by atoms with Crippen LogP contribution in [0.25, 0.3) is 0 Å². The zero-order chi connectivity index (χ0) is 22.1. The number of fused-ring (bicyclic) bond motifs is 1. The fraction of sp³-hybridized carbons (Fsp3) is 0.238. The highest BCUT2D eigenvalue weighted by Crippen LogP contribution is 2.25. The van der Waals surface area contributed by atoms with Gasteiger partial charge >= 0.3 is 11.8 Å². The molecule has 0 aromatic heterocycles. The van der Waals surface area contributed by atoms with Crippen LogP contribution < -0.4 is 15.6 Å². The fourth-order valence-corrected chi connectivity index (χ4v) is 3.57. The average Bonchev–Trinajstić information content (AvgIpc) is 3.16. The maximum absolute atomic E-state index is 13.3. The van der Waals surface area contributed by atoms with E-state index in [1.165, 1.54) is 24.0 Å². The number of benzene rings is 2. The van der Waals surface area contributed by atoms with Gasteiger partial charge in [-0.2, -0.15) is 5.43 Å². The summed E-state index contributed by atoms with van der Waals surface area (Å²) in [5, 5.41) is 3.61. The molecule has 160 valence electrons.